The maximum Gasteiger partial charge on any atom is 0.338 e. The molecule has 6 heteroatoms. The highest BCUT2D eigenvalue weighted by molar-refractivity contribution is 6.08. The van der Waals surface area contributed by atoms with Crippen LogP contribution in [0.15, 0.2) is 30.5 Å². The number of anilines is 1. The first-order valence-electron chi connectivity index (χ1n) is 6.23. The van der Waals surface area contributed by atoms with E-state index < -0.39 is 11.9 Å². The number of hydrogen-bond donors (Lipinski definition) is 3. The summed E-state index contributed by atoms with van der Waals surface area (Å²) in [5, 5.41) is 11.7. The van der Waals surface area contributed by atoms with Gasteiger partial charge in [-0.2, -0.15) is 0 Å². The Morgan fingerprint density at radius 1 is 1.24 bits per heavy atom. The van der Waals surface area contributed by atoms with E-state index in [1.807, 2.05) is 0 Å². The number of rotatable bonds is 4. The third-order valence-corrected chi connectivity index (χ3v) is 3.07. The quantitative estimate of drug-likeness (QED) is 0.752. The highest BCUT2D eigenvalue weighted by Gasteiger charge is 2.17. The van der Waals surface area contributed by atoms with Crippen LogP contribution in [0, 0.1) is 6.92 Å². The number of ketones is 1. The number of aromatic amines is 1. The Morgan fingerprint density at radius 3 is 2.52 bits per heavy atom. The second-order valence-electron chi connectivity index (χ2n) is 4.61. The lowest BCUT2D eigenvalue weighted by Crippen LogP contribution is -2.15. The van der Waals surface area contributed by atoms with Gasteiger partial charge in [0.2, 0.25) is 0 Å². The zero-order valence-corrected chi connectivity index (χ0v) is 11.6. The molecule has 108 valence electrons. The fourth-order valence-corrected chi connectivity index (χ4v) is 1.97. The summed E-state index contributed by atoms with van der Waals surface area (Å²) in [4.78, 5) is 37.2. The minimum Gasteiger partial charge on any atom is -0.478 e. The lowest BCUT2D eigenvalue weighted by molar-refractivity contribution is 0.0697. The van der Waals surface area contributed by atoms with E-state index in [-0.39, 0.29) is 22.7 Å². The van der Waals surface area contributed by atoms with Crippen LogP contribution in [0.2, 0.25) is 0 Å². The maximum atomic E-state index is 12.1. The van der Waals surface area contributed by atoms with Gasteiger partial charge < -0.3 is 15.4 Å². The van der Waals surface area contributed by atoms with Crippen LogP contribution in [0.1, 0.15) is 43.7 Å². The van der Waals surface area contributed by atoms with Crippen LogP contribution < -0.4 is 5.32 Å². The third-order valence-electron chi connectivity index (χ3n) is 3.07. The summed E-state index contributed by atoms with van der Waals surface area (Å²) >= 11 is 0. The van der Waals surface area contributed by atoms with Crippen molar-refractivity contribution in [1.29, 1.82) is 0 Å². The number of carboxylic acids is 1. The first-order chi connectivity index (χ1) is 9.90. The Kier molecular flexibility index (Phi) is 3.89. The molecule has 1 heterocycles. The number of aromatic nitrogens is 1. The van der Waals surface area contributed by atoms with Crippen LogP contribution in [0.4, 0.5) is 5.69 Å². The van der Waals surface area contributed by atoms with E-state index in [0.717, 1.165) is 0 Å². The second-order valence-corrected chi connectivity index (χ2v) is 4.61. The molecule has 6 nitrogen and oxygen atoms in total. The second kappa shape index (κ2) is 5.62. The molecule has 0 bridgehead atoms. The predicted molar refractivity (Wildman–Crippen MR) is 76.9 cm³/mol. The van der Waals surface area contributed by atoms with Crippen LogP contribution in [0.3, 0.4) is 0 Å². The molecule has 0 atom stereocenters. The molecule has 1 amide bonds. The van der Waals surface area contributed by atoms with Gasteiger partial charge in [-0.05, 0) is 31.5 Å². The van der Waals surface area contributed by atoms with E-state index in [4.69, 9.17) is 0 Å². The first kappa shape index (κ1) is 14.5. The predicted octanol–water partition coefficient (Wildman–Crippen LogP) is 2.48. The van der Waals surface area contributed by atoms with Gasteiger partial charge in [0.15, 0.2) is 5.78 Å². The monoisotopic (exact) mass is 286 g/mol. The van der Waals surface area contributed by atoms with E-state index >= 15 is 0 Å². The Hall–Kier alpha value is -2.89. The van der Waals surface area contributed by atoms with Crippen molar-refractivity contribution in [3.05, 3.63) is 52.8 Å². The number of H-pyrrole nitrogens is 1. The summed E-state index contributed by atoms with van der Waals surface area (Å²) < 4.78 is 0. The molecule has 1 aromatic carbocycles. The first-order valence-corrected chi connectivity index (χ1v) is 6.23. The molecule has 0 saturated carbocycles. The van der Waals surface area contributed by atoms with Crippen molar-refractivity contribution in [2.24, 2.45) is 0 Å². The number of nitrogens with one attached hydrogen (secondary N) is 2. The number of aromatic carboxylic acids is 1. The van der Waals surface area contributed by atoms with Gasteiger partial charge in [0, 0.05) is 11.8 Å². The summed E-state index contributed by atoms with van der Waals surface area (Å²) in [6.45, 7) is 3.05. The lowest BCUT2D eigenvalue weighted by Gasteiger charge is -2.09. The van der Waals surface area contributed by atoms with Crippen LogP contribution in [-0.4, -0.2) is 27.8 Å². The fraction of sp³-hybridized carbons (Fsp3) is 0.133. The molecule has 0 saturated heterocycles. The van der Waals surface area contributed by atoms with Gasteiger partial charge in [0.25, 0.3) is 5.91 Å². The van der Waals surface area contributed by atoms with Crippen LogP contribution in [0.5, 0.6) is 0 Å². The Morgan fingerprint density at radius 2 is 1.95 bits per heavy atom. The molecule has 0 aliphatic heterocycles. The minimum absolute atomic E-state index is 0.0456. The van der Waals surface area contributed by atoms with Gasteiger partial charge in [-0.15, -0.1) is 0 Å². The Bertz CT molecular complexity index is 731. The van der Waals surface area contributed by atoms with Crippen LogP contribution in [0.25, 0.3) is 0 Å². The number of carbonyl (C=O) groups excluding carboxylic acids is 2. The zero-order valence-electron chi connectivity index (χ0n) is 11.6. The molecule has 2 rings (SSSR count). The minimum atomic E-state index is -1.11. The molecule has 2 aromatic rings. The van der Waals surface area contributed by atoms with E-state index in [0.29, 0.717) is 11.1 Å². The summed E-state index contributed by atoms with van der Waals surface area (Å²) in [7, 11) is 0. The smallest absolute Gasteiger partial charge is 0.338 e. The summed E-state index contributed by atoms with van der Waals surface area (Å²) in [6.07, 6.45) is 1.44. The molecule has 21 heavy (non-hydrogen) atoms. The van der Waals surface area contributed by atoms with Crippen molar-refractivity contribution < 1.29 is 19.5 Å². The van der Waals surface area contributed by atoms with Crippen molar-refractivity contribution >= 4 is 23.3 Å². The number of benzene rings is 1. The molecule has 0 unspecified atom stereocenters. The highest BCUT2D eigenvalue weighted by atomic mass is 16.4. The topological polar surface area (TPSA) is 99.3 Å². The van der Waals surface area contributed by atoms with Gasteiger partial charge >= 0.3 is 5.97 Å². The molecule has 0 fully saturated rings. The van der Waals surface area contributed by atoms with Gasteiger partial charge in [0.1, 0.15) is 5.69 Å². The summed E-state index contributed by atoms with van der Waals surface area (Å²) in [5.74, 6) is -1.78. The molecular weight excluding hydrogens is 272 g/mol. The summed E-state index contributed by atoms with van der Waals surface area (Å²) in [6, 6.07) is 6.26. The average molecular weight is 286 g/mol. The molecule has 0 radical (unpaired) electrons. The lowest BCUT2D eigenvalue weighted by atomic mass is 10.1. The van der Waals surface area contributed by atoms with Gasteiger partial charge in [0.05, 0.1) is 11.3 Å². The molecule has 0 aliphatic rings. The highest BCUT2D eigenvalue weighted by Crippen LogP contribution is 2.20. The molecule has 0 aliphatic carbocycles. The number of aryl methyl sites for hydroxylation is 1. The molecular formula is C15H14N2O4. The van der Waals surface area contributed by atoms with Crippen molar-refractivity contribution in [3.8, 4) is 0 Å². The number of hydrogen-bond acceptors (Lipinski definition) is 3. The largest absolute Gasteiger partial charge is 0.478 e. The molecule has 0 spiro atoms. The number of Topliss-reactive ketones (excluding diaryl/α,β-unsaturated/α-hetero) is 1. The van der Waals surface area contributed by atoms with E-state index in [9.17, 15) is 19.5 Å². The van der Waals surface area contributed by atoms with Gasteiger partial charge in [-0.3, -0.25) is 9.59 Å². The summed E-state index contributed by atoms with van der Waals surface area (Å²) in [5.41, 5.74) is 1.40. The average Bonchev–Trinajstić information content (AvgIpc) is 2.88. The van der Waals surface area contributed by atoms with E-state index in [1.54, 1.807) is 19.1 Å². The molecule has 1 aromatic heterocycles. The molecule has 3 N–H and O–H groups in total. The van der Waals surface area contributed by atoms with Gasteiger partial charge in [-0.25, -0.2) is 4.79 Å². The van der Waals surface area contributed by atoms with Crippen molar-refractivity contribution in [3.63, 3.8) is 0 Å². The third kappa shape index (κ3) is 3.00. The fourth-order valence-electron chi connectivity index (χ4n) is 1.97. The van der Waals surface area contributed by atoms with Gasteiger partial charge in [-0.1, -0.05) is 12.1 Å². The Labute approximate surface area is 120 Å². The van der Waals surface area contributed by atoms with E-state index in [1.165, 1.54) is 25.3 Å². The maximum absolute atomic E-state index is 12.1. The standard InChI is InChI=1S/C15H14N2O4/c1-8-4-3-5-11(13(8)15(20)21)17-14(19)12-6-10(7-16-12)9(2)18/h3-7,16H,1-2H3,(H,17,19)(H,20,21). The van der Waals surface area contributed by atoms with Crippen LogP contribution >= 0.6 is 0 Å². The number of amides is 1. The van der Waals surface area contributed by atoms with Crippen molar-refractivity contribution in [2.75, 3.05) is 5.32 Å². The number of carbonyl (C=O) groups is 3. The number of carboxylic acid groups (broad SMARTS) is 1. The van der Waals surface area contributed by atoms with E-state index in [2.05, 4.69) is 10.3 Å². The normalized spacial score (nSPS) is 10.2. The van der Waals surface area contributed by atoms with Crippen molar-refractivity contribution in [1.82, 2.24) is 4.98 Å². The Balaban J connectivity index is 2.29. The SMILES string of the molecule is CC(=O)c1c[nH]c(C(=O)Nc2cccc(C)c2C(=O)O)c1. The van der Waals surface area contributed by atoms with Crippen molar-refractivity contribution in [2.45, 2.75) is 13.8 Å². The van der Waals surface area contributed by atoms with Crippen LogP contribution in [-0.2, 0) is 0 Å². The zero-order chi connectivity index (χ0) is 15.6.